The summed E-state index contributed by atoms with van der Waals surface area (Å²) in [6.07, 6.45) is 0. The van der Waals surface area contributed by atoms with Gasteiger partial charge in [-0.15, -0.1) is 11.6 Å². The van der Waals surface area contributed by atoms with Crippen molar-refractivity contribution in [2.75, 3.05) is 32.8 Å². The Morgan fingerprint density at radius 1 is 1.25 bits per heavy atom. The van der Waals surface area contributed by atoms with Gasteiger partial charge in [0.15, 0.2) is 0 Å². The number of hydrogen-bond donors (Lipinski definition) is 0. The summed E-state index contributed by atoms with van der Waals surface area (Å²) in [6, 6.07) is 8.23. The minimum Gasteiger partial charge on any atom is -0.379 e. The fraction of sp³-hybridized carbons (Fsp3) is 0.533. The first-order valence-electron chi connectivity index (χ1n) is 7.15. The minimum absolute atomic E-state index is 0.0768. The van der Waals surface area contributed by atoms with Crippen LogP contribution in [-0.4, -0.2) is 47.3 Å². The van der Waals surface area contributed by atoms with Gasteiger partial charge in [-0.25, -0.2) is 4.98 Å². The van der Waals surface area contributed by atoms with Crippen molar-refractivity contribution < 1.29 is 4.74 Å². The summed E-state index contributed by atoms with van der Waals surface area (Å²) in [7, 11) is 0. The molecule has 1 fully saturated rings. The van der Waals surface area contributed by atoms with Crippen LogP contribution >= 0.6 is 11.6 Å². The first-order valence-corrected chi connectivity index (χ1v) is 7.58. The average molecular weight is 294 g/mol. The molecule has 3 rings (SSSR count). The molecule has 0 aliphatic carbocycles. The fourth-order valence-electron chi connectivity index (χ4n) is 2.70. The molecular formula is C15H20ClN3O. The van der Waals surface area contributed by atoms with Gasteiger partial charge in [0.1, 0.15) is 5.82 Å². The van der Waals surface area contributed by atoms with Crippen molar-refractivity contribution >= 4 is 22.6 Å². The van der Waals surface area contributed by atoms with E-state index in [0.717, 1.165) is 50.7 Å². The van der Waals surface area contributed by atoms with E-state index in [2.05, 4.69) is 26.6 Å². The minimum atomic E-state index is -0.0768. The quantitative estimate of drug-likeness (QED) is 0.812. The molecule has 108 valence electrons. The Balaban J connectivity index is 1.83. The van der Waals surface area contributed by atoms with Crippen molar-refractivity contribution in [3.8, 4) is 0 Å². The molecule has 2 heterocycles. The largest absolute Gasteiger partial charge is 0.379 e. The van der Waals surface area contributed by atoms with E-state index in [1.54, 1.807) is 0 Å². The molecule has 1 unspecified atom stereocenters. The van der Waals surface area contributed by atoms with Gasteiger partial charge in [0.25, 0.3) is 0 Å². The van der Waals surface area contributed by atoms with Crippen molar-refractivity contribution in [3.63, 3.8) is 0 Å². The number of ether oxygens (including phenoxy) is 1. The first kappa shape index (κ1) is 13.9. The standard InChI is InChI=1S/C15H20ClN3O/c1-12(16)15-17-13-4-2-3-5-14(13)19(15)7-6-18-8-10-20-11-9-18/h2-5,12H,6-11H2,1H3. The van der Waals surface area contributed by atoms with E-state index in [1.165, 1.54) is 5.52 Å². The van der Waals surface area contributed by atoms with Crippen molar-refractivity contribution in [2.45, 2.75) is 18.8 Å². The first-order chi connectivity index (χ1) is 9.75. The molecule has 0 N–H and O–H groups in total. The number of imidazole rings is 1. The molecule has 1 aliphatic heterocycles. The Kier molecular flexibility index (Phi) is 4.24. The van der Waals surface area contributed by atoms with Crippen LogP contribution in [-0.2, 0) is 11.3 Å². The molecule has 2 aromatic rings. The molecule has 1 aromatic heterocycles. The van der Waals surface area contributed by atoms with E-state index < -0.39 is 0 Å². The zero-order valence-corrected chi connectivity index (χ0v) is 12.5. The van der Waals surface area contributed by atoms with E-state index in [1.807, 2.05) is 19.1 Å². The lowest BCUT2D eigenvalue weighted by molar-refractivity contribution is 0.0364. The molecule has 0 spiro atoms. The topological polar surface area (TPSA) is 30.3 Å². The van der Waals surface area contributed by atoms with Gasteiger partial charge in [0.2, 0.25) is 0 Å². The zero-order valence-electron chi connectivity index (χ0n) is 11.8. The normalized spacial score (nSPS) is 18.5. The Hall–Kier alpha value is -1.10. The van der Waals surface area contributed by atoms with E-state index >= 15 is 0 Å². The lowest BCUT2D eigenvalue weighted by Crippen LogP contribution is -2.38. The molecule has 0 amide bonds. The van der Waals surface area contributed by atoms with Crippen molar-refractivity contribution in [2.24, 2.45) is 0 Å². The second kappa shape index (κ2) is 6.12. The fourth-order valence-corrected chi connectivity index (χ4v) is 2.87. The van der Waals surface area contributed by atoms with Gasteiger partial charge in [-0.1, -0.05) is 12.1 Å². The molecule has 4 nitrogen and oxygen atoms in total. The summed E-state index contributed by atoms with van der Waals surface area (Å²) in [6.45, 7) is 7.62. The number of alkyl halides is 1. The molecular weight excluding hydrogens is 274 g/mol. The Morgan fingerprint density at radius 2 is 2.00 bits per heavy atom. The highest BCUT2D eigenvalue weighted by molar-refractivity contribution is 6.20. The van der Waals surface area contributed by atoms with Crippen LogP contribution in [0.4, 0.5) is 0 Å². The van der Waals surface area contributed by atoms with Crippen LogP contribution in [0.2, 0.25) is 0 Å². The summed E-state index contributed by atoms with van der Waals surface area (Å²) >= 11 is 6.28. The number of fused-ring (bicyclic) bond motifs is 1. The summed E-state index contributed by atoms with van der Waals surface area (Å²) in [4.78, 5) is 7.10. The third-order valence-corrected chi connectivity index (χ3v) is 3.98. The monoisotopic (exact) mass is 293 g/mol. The number of nitrogens with zero attached hydrogens (tertiary/aromatic N) is 3. The van der Waals surface area contributed by atoms with Crippen LogP contribution in [0.15, 0.2) is 24.3 Å². The van der Waals surface area contributed by atoms with Crippen LogP contribution < -0.4 is 0 Å². The maximum absolute atomic E-state index is 6.28. The number of hydrogen-bond acceptors (Lipinski definition) is 3. The second-order valence-electron chi connectivity index (χ2n) is 5.18. The molecule has 0 radical (unpaired) electrons. The van der Waals surface area contributed by atoms with Crippen molar-refractivity contribution in [1.82, 2.24) is 14.5 Å². The number of benzene rings is 1. The third-order valence-electron chi connectivity index (χ3n) is 3.78. The number of halogens is 1. The lowest BCUT2D eigenvalue weighted by atomic mass is 10.3. The summed E-state index contributed by atoms with van der Waals surface area (Å²) < 4.78 is 7.64. The van der Waals surface area contributed by atoms with Crippen molar-refractivity contribution in [3.05, 3.63) is 30.1 Å². The van der Waals surface area contributed by atoms with E-state index in [0.29, 0.717) is 0 Å². The molecule has 5 heteroatoms. The summed E-state index contributed by atoms with van der Waals surface area (Å²) in [5, 5.41) is -0.0768. The molecule has 1 atom stereocenters. The van der Waals surface area contributed by atoms with Crippen LogP contribution in [0.5, 0.6) is 0 Å². The highest BCUT2D eigenvalue weighted by Gasteiger charge is 2.16. The Bertz CT molecular complexity index is 576. The molecule has 1 aliphatic rings. The van der Waals surface area contributed by atoms with E-state index in [-0.39, 0.29) is 5.38 Å². The molecule has 1 aromatic carbocycles. The smallest absolute Gasteiger partial charge is 0.127 e. The van der Waals surface area contributed by atoms with Crippen LogP contribution in [0.3, 0.4) is 0 Å². The molecule has 20 heavy (non-hydrogen) atoms. The van der Waals surface area contributed by atoms with Gasteiger partial charge in [-0.2, -0.15) is 0 Å². The zero-order chi connectivity index (χ0) is 13.9. The van der Waals surface area contributed by atoms with Gasteiger partial charge in [-0.3, -0.25) is 4.90 Å². The Labute approximate surface area is 124 Å². The average Bonchev–Trinajstić information content (AvgIpc) is 2.85. The number of rotatable bonds is 4. The van der Waals surface area contributed by atoms with Gasteiger partial charge in [-0.05, 0) is 19.1 Å². The number of para-hydroxylation sites is 2. The number of aromatic nitrogens is 2. The summed E-state index contributed by atoms with van der Waals surface area (Å²) in [5.41, 5.74) is 2.19. The van der Waals surface area contributed by atoms with Gasteiger partial charge in [0, 0.05) is 26.2 Å². The van der Waals surface area contributed by atoms with E-state index in [4.69, 9.17) is 16.3 Å². The third kappa shape index (κ3) is 2.82. The lowest BCUT2D eigenvalue weighted by Gasteiger charge is -2.27. The predicted molar refractivity (Wildman–Crippen MR) is 81.3 cm³/mol. The van der Waals surface area contributed by atoms with Gasteiger partial charge < -0.3 is 9.30 Å². The Morgan fingerprint density at radius 3 is 2.75 bits per heavy atom. The van der Waals surface area contributed by atoms with Crippen molar-refractivity contribution in [1.29, 1.82) is 0 Å². The van der Waals surface area contributed by atoms with E-state index in [9.17, 15) is 0 Å². The summed E-state index contributed by atoms with van der Waals surface area (Å²) in [5.74, 6) is 0.959. The molecule has 0 saturated carbocycles. The SMILES string of the molecule is CC(Cl)c1nc2ccccc2n1CCN1CCOCC1. The molecule has 1 saturated heterocycles. The van der Waals surface area contributed by atoms with Gasteiger partial charge >= 0.3 is 0 Å². The van der Waals surface area contributed by atoms with Crippen LogP contribution in [0, 0.1) is 0 Å². The van der Waals surface area contributed by atoms with Gasteiger partial charge in [0.05, 0.1) is 29.6 Å². The van der Waals surface area contributed by atoms with Crippen LogP contribution in [0.25, 0.3) is 11.0 Å². The predicted octanol–water partition coefficient (Wildman–Crippen LogP) is 2.67. The second-order valence-corrected chi connectivity index (χ2v) is 5.84. The highest BCUT2D eigenvalue weighted by atomic mass is 35.5. The number of morpholine rings is 1. The maximum Gasteiger partial charge on any atom is 0.127 e. The van der Waals surface area contributed by atoms with Crippen LogP contribution in [0.1, 0.15) is 18.1 Å². The highest BCUT2D eigenvalue weighted by Crippen LogP contribution is 2.24. The molecule has 0 bridgehead atoms. The maximum atomic E-state index is 6.28.